The number of thioether (sulfide) groups is 1. The summed E-state index contributed by atoms with van der Waals surface area (Å²) in [5.74, 6) is -1.08. The first-order valence-electron chi connectivity index (χ1n) is 12.1. The van der Waals surface area contributed by atoms with Crippen LogP contribution < -0.4 is 5.32 Å². The number of anilines is 1. The third-order valence-corrected chi connectivity index (χ3v) is 8.77. The zero-order valence-electron chi connectivity index (χ0n) is 20.3. The number of carbonyl (C=O) groups is 2. The van der Waals surface area contributed by atoms with Crippen LogP contribution in [0.3, 0.4) is 0 Å². The van der Waals surface area contributed by atoms with E-state index in [1.165, 1.54) is 4.90 Å². The van der Waals surface area contributed by atoms with Crippen LogP contribution >= 0.6 is 23.4 Å². The smallest absolute Gasteiger partial charge is 0.335 e. The third-order valence-electron chi connectivity index (χ3n) is 7.72. The second-order valence-electron chi connectivity index (χ2n) is 9.75. The van der Waals surface area contributed by atoms with Crippen molar-refractivity contribution in [1.82, 2.24) is 0 Å². The number of halogens is 1. The Bertz CT molecular complexity index is 1580. The van der Waals surface area contributed by atoms with Gasteiger partial charge in [-0.2, -0.15) is 0 Å². The van der Waals surface area contributed by atoms with Gasteiger partial charge in [-0.1, -0.05) is 60.1 Å². The van der Waals surface area contributed by atoms with E-state index in [9.17, 15) is 14.7 Å². The number of aryl methyl sites for hydroxylation is 1. The van der Waals surface area contributed by atoms with Gasteiger partial charge in [0.25, 0.3) is 0 Å². The lowest BCUT2D eigenvalue weighted by Crippen LogP contribution is -2.21. The van der Waals surface area contributed by atoms with Crippen molar-refractivity contribution in [2.24, 2.45) is 0 Å². The number of amides is 1. The van der Waals surface area contributed by atoms with Crippen LogP contribution in [0.25, 0.3) is 22.3 Å². The van der Waals surface area contributed by atoms with Gasteiger partial charge in [-0.3, -0.25) is 4.79 Å². The second-order valence-corrected chi connectivity index (χ2v) is 11.0. The number of carboxylic acids is 1. The average molecular weight is 526 g/mol. The summed E-state index contributed by atoms with van der Waals surface area (Å²) >= 11 is 8.42. The molecule has 0 aromatic heterocycles. The number of hydrogen-bond donors (Lipinski definition) is 2. The molecule has 2 atom stereocenters. The molecule has 6 heteroatoms. The van der Waals surface area contributed by atoms with E-state index in [1.54, 1.807) is 24.8 Å². The van der Waals surface area contributed by atoms with Crippen molar-refractivity contribution in [3.05, 3.63) is 106 Å². The minimum Gasteiger partial charge on any atom is -0.478 e. The standard InChI is InChI=1S/C31H24ClNO3S/c1-17-3-4-21(13-23(17)29(34)35)26-16-31(26)25-14-24(27(32)15-28(25)33-30(31)36)20-7-5-18(6-8-20)19-9-11-22(37-2)12-10-19/h3-15,26H,16H2,1-2H3,(H,33,36)(H,34,35). The van der Waals surface area contributed by atoms with Crippen molar-refractivity contribution in [1.29, 1.82) is 0 Å². The van der Waals surface area contributed by atoms with E-state index in [0.717, 1.165) is 39.1 Å². The summed E-state index contributed by atoms with van der Waals surface area (Å²) in [5, 5.41) is 13.2. The maximum absolute atomic E-state index is 13.2. The van der Waals surface area contributed by atoms with Crippen molar-refractivity contribution in [2.75, 3.05) is 11.6 Å². The summed E-state index contributed by atoms with van der Waals surface area (Å²) in [6.45, 7) is 1.78. The molecule has 2 aliphatic rings. The summed E-state index contributed by atoms with van der Waals surface area (Å²) in [6, 6.07) is 26.1. The number of benzene rings is 4. The van der Waals surface area contributed by atoms with E-state index >= 15 is 0 Å². The summed E-state index contributed by atoms with van der Waals surface area (Å²) in [7, 11) is 0. The Morgan fingerprint density at radius 1 is 0.973 bits per heavy atom. The molecule has 1 heterocycles. The Balaban J connectivity index is 1.35. The highest BCUT2D eigenvalue weighted by molar-refractivity contribution is 7.98. The van der Waals surface area contributed by atoms with Gasteiger partial charge in [-0.25, -0.2) is 4.79 Å². The Hall–Kier alpha value is -3.54. The molecule has 0 saturated heterocycles. The fourth-order valence-corrected chi connectivity index (χ4v) is 6.23. The van der Waals surface area contributed by atoms with Gasteiger partial charge in [0.2, 0.25) is 5.91 Å². The predicted molar refractivity (Wildman–Crippen MR) is 150 cm³/mol. The summed E-state index contributed by atoms with van der Waals surface area (Å²) < 4.78 is 0. The zero-order chi connectivity index (χ0) is 25.9. The molecule has 1 spiro atoms. The fourth-order valence-electron chi connectivity index (χ4n) is 5.55. The first kappa shape index (κ1) is 23.8. The molecule has 1 amide bonds. The minimum atomic E-state index is -0.956. The highest BCUT2D eigenvalue weighted by Gasteiger charge is 2.65. The average Bonchev–Trinajstić information content (AvgIpc) is 3.60. The highest BCUT2D eigenvalue weighted by atomic mass is 35.5. The lowest BCUT2D eigenvalue weighted by molar-refractivity contribution is -0.118. The quantitative estimate of drug-likeness (QED) is 0.261. The maximum atomic E-state index is 13.2. The molecular formula is C31H24ClNO3S. The van der Waals surface area contributed by atoms with Crippen LogP contribution in [0.4, 0.5) is 5.69 Å². The van der Waals surface area contributed by atoms with E-state index in [4.69, 9.17) is 11.6 Å². The van der Waals surface area contributed by atoms with Crippen LogP contribution in [0, 0.1) is 6.92 Å². The van der Waals surface area contributed by atoms with Crippen molar-refractivity contribution < 1.29 is 14.7 Å². The molecule has 4 nitrogen and oxygen atoms in total. The number of fused-ring (bicyclic) bond motifs is 2. The molecule has 1 fully saturated rings. The molecule has 37 heavy (non-hydrogen) atoms. The van der Waals surface area contributed by atoms with E-state index < -0.39 is 11.4 Å². The molecule has 4 aromatic carbocycles. The fraction of sp³-hybridized carbons (Fsp3) is 0.161. The Labute approximate surface area is 224 Å². The van der Waals surface area contributed by atoms with Crippen LogP contribution in [0.5, 0.6) is 0 Å². The normalized spacial score (nSPS) is 19.5. The van der Waals surface area contributed by atoms with Crippen LogP contribution in [0.2, 0.25) is 5.02 Å². The van der Waals surface area contributed by atoms with Crippen LogP contribution in [0.1, 0.15) is 39.4 Å². The van der Waals surface area contributed by atoms with E-state index in [2.05, 4.69) is 60.1 Å². The first-order valence-corrected chi connectivity index (χ1v) is 13.7. The van der Waals surface area contributed by atoms with E-state index in [1.807, 2.05) is 24.3 Å². The monoisotopic (exact) mass is 525 g/mol. The van der Waals surface area contributed by atoms with Crippen molar-refractivity contribution >= 4 is 40.9 Å². The number of carboxylic acid groups (broad SMARTS) is 1. The van der Waals surface area contributed by atoms with Crippen molar-refractivity contribution in [3.63, 3.8) is 0 Å². The van der Waals surface area contributed by atoms with Gasteiger partial charge in [0.1, 0.15) is 0 Å². The summed E-state index contributed by atoms with van der Waals surface area (Å²) in [4.78, 5) is 26.1. The number of hydrogen-bond acceptors (Lipinski definition) is 3. The largest absolute Gasteiger partial charge is 0.478 e. The molecule has 0 radical (unpaired) electrons. The maximum Gasteiger partial charge on any atom is 0.335 e. The van der Waals surface area contributed by atoms with Gasteiger partial charge in [-0.05, 0) is 83.3 Å². The Morgan fingerprint density at radius 2 is 1.62 bits per heavy atom. The predicted octanol–water partition coefficient (Wildman–Crippen LogP) is 7.78. The van der Waals surface area contributed by atoms with Gasteiger partial charge < -0.3 is 10.4 Å². The molecule has 4 aromatic rings. The molecular weight excluding hydrogens is 502 g/mol. The molecule has 1 aliphatic carbocycles. The molecule has 1 aliphatic heterocycles. The van der Waals surface area contributed by atoms with Crippen molar-refractivity contribution in [2.45, 2.75) is 29.6 Å². The van der Waals surface area contributed by atoms with Crippen LogP contribution in [-0.4, -0.2) is 23.2 Å². The van der Waals surface area contributed by atoms with Gasteiger partial charge in [-0.15, -0.1) is 11.8 Å². The third kappa shape index (κ3) is 3.85. The van der Waals surface area contributed by atoms with Crippen LogP contribution in [-0.2, 0) is 10.2 Å². The summed E-state index contributed by atoms with van der Waals surface area (Å²) in [6.07, 6.45) is 2.70. The molecule has 1 saturated carbocycles. The number of aromatic carboxylic acids is 1. The second kappa shape index (κ2) is 8.79. The Kier molecular flexibility index (Phi) is 5.66. The lowest BCUT2D eigenvalue weighted by Gasteiger charge is -2.13. The van der Waals surface area contributed by atoms with Gasteiger partial charge >= 0.3 is 5.97 Å². The lowest BCUT2D eigenvalue weighted by atomic mass is 9.89. The van der Waals surface area contributed by atoms with Crippen LogP contribution in [0.15, 0.2) is 83.8 Å². The molecule has 6 rings (SSSR count). The number of nitrogens with one attached hydrogen (secondary N) is 1. The number of carbonyl (C=O) groups excluding carboxylic acids is 1. The molecule has 2 N–H and O–H groups in total. The Morgan fingerprint density at radius 3 is 2.27 bits per heavy atom. The van der Waals surface area contributed by atoms with Gasteiger partial charge in [0.05, 0.1) is 16.0 Å². The molecule has 2 unspecified atom stereocenters. The minimum absolute atomic E-state index is 0.0535. The van der Waals surface area contributed by atoms with Crippen molar-refractivity contribution in [3.8, 4) is 22.3 Å². The molecule has 0 bridgehead atoms. The van der Waals surface area contributed by atoms with E-state index in [0.29, 0.717) is 17.0 Å². The first-order chi connectivity index (χ1) is 17.8. The van der Waals surface area contributed by atoms with Gasteiger partial charge in [0, 0.05) is 22.1 Å². The van der Waals surface area contributed by atoms with Gasteiger partial charge in [0.15, 0.2) is 0 Å². The SMILES string of the molecule is CSc1ccc(-c2ccc(-c3cc4c(cc3Cl)NC(=O)C43CC3c3ccc(C)c(C(=O)O)c3)cc2)cc1. The van der Waals surface area contributed by atoms with E-state index in [-0.39, 0.29) is 17.4 Å². The zero-order valence-corrected chi connectivity index (χ0v) is 21.9. The summed E-state index contributed by atoms with van der Waals surface area (Å²) in [5.41, 5.74) is 6.95. The topological polar surface area (TPSA) is 66.4 Å². The molecule has 184 valence electrons. The number of rotatable bonds is 5. The highest BCUT2D eigenvalue weighted by Crippen LogP contribution is 2.65.